The van der Waals surface area contributed by atoms with Gasteiger partial charge in [0.15, 0.2) is 0 Å². The highest BCUT2D eigenvalue weighted by Crippen LogP contribution is 2.31. The standard InChI is InChI=1S/C25H24N6O2/c1-17-6-8-26-21(14-17)28-22-15-18-4-2-3-5-20(18)24(29-22)19-7-9-27-23(16-19)30-10-12-31(13-11-30)25(32)33/h2-9,14-16H,10-13H2,1H3,(H,32,33)(H,26,28,29). The van der Waals surface area contributed by atoms with Crippen molar-refractivity contribution in [1.29, 1.82) is 0 Å². The molecule has 0 spiro atoms. The first-order valence-electron chi connectivity index (χ1n) is 10.9. The van der Waals surface area contributed by atoms with Crippen molar-refractivity contribution in [3.05, 3.63) is 72.6 Å². The predicted molar refractivity (Wildman–Crippen MR) is 129 cm³/mol. The zero-order valence-corrected chi connectivity index (χ0v) is 18.3. The van der Waals surface area contributed by atoms with Crippen LogP contribution in [0.2, 0.25) is 0 Å². The molecule has 4 aromatic rings. The lowest BCUT2D eigenvalue weighted by atomic mass is 10.0. The van der Waals surface area contributed by atoms with Crippen LogP contribution in [-0.4, -0.2) is 57.2 Å². The summed E-state index contributed by atoms with van der Waals surface area (Å²) in [6.45, 7) is 4.17. The molecule has 8 nitrogen and oxygen atoms in total. The van der Waals surface area contributed by atoms with Gasteiger partial charge in [0.2, 0.25) is 0 Å². The maximum Gasteiger partial charge on any atom is 0.407 e. The second-order valence-electron chi connectivity index (χ2n) is 8.08. The smallest absolute Gasteiger partial charge is 0.407 e. The van der Waals surface area contributed by atoms with Crippen molar-refractivity contribution in [2.45, 2.75) is 6.92 Å². The van der Waals surface area contributed by atoms with E-state index in [0.717, 1.165) is 45.0 Å². The number of hydrogen-bond donors (Lipinski definition) is 2. The molecule has 166 valence electrons. The molecule has 0 bridgehead atoms. The number of aryl methyl sites for hydroxylation is 1. The number of pyridine rings is 3. The quantitative estimate of drug-likeness (QED) is 0.481. The largest absolute Gasteiger partial charge is 0.465 e. The third kappa shape index (κ3) is 4.41. The van der Waals surface area contributed by atoms with Crippen molar-refractivity contribution in [1.82, 2.24) is 19.9 Å². The summed E-state index contributed by atoms with van der Waals surface area (Å²) in [5.41, 5.74) is 2.93. The first-order chi connectivity index (χ1) is 16.1. The Bertz CT molecular complexity index is 1320. The molecule has 4 heterocycles. The highest BCUT2D eigenvalue weighted by Gasteiger charge is 2.21. The molecule has 33 heavy (non-hydrogen) atoms. The van der Waals surface area contributed by atoms with Gasteiger partial charge in [-0.3, -0.25) is 0 Å². The van der Waals surface area contributed by atoms with Gasteiger partial charge in [-0.15, -0.1) is 0 Å². The number of hydrogen-bond acceptors (Lipinski definition) is 6. The van der Waals surface area contributed by atoms with E-state index in [4.69, 9.17) is 4.98 Å². The predicted octanol–water partition coefficient (Wildman–Crippen LogP) is 4.54. The minimum Gasteiger partial charge on any atom is -0.465 e. The van der Waals surface area contributed by atoms with Crippen LogP contribution in [-0.2, 0) is 0 Å². The number of nitrogens with one attached hydrogen (secondary N) is 1. The number of carboxylic acid groups (broad SMARTS) is 1. The Hall–Kier alpha value is -4.20. The molecule has 0 aliphatic carbocycles. The molecule has 5 rings (SSSR count). The summed E-state index contributed by atoms with van der Waals surface area (Å²) in [4.78, 5) is 28.6. The van der Waals surface area contributed by atoms with Crippen LogP contribution >= 0.6 is 0 Å². The van der Waals surface area contributed by atoms with E-state index in [1.807, 2.05) is 49.4 Å². The van der Waals surface area contributed by atoms with Gasteiger partial charge in [0.25, 0.3) is 0 Å². The number of rotatable bonds is 4. The minimum absolute atomic E-state index is 0.464. The number of anilines is 3. The fraction of sp³-hybridized carbons (Fsp3) is 0.200. The van der Waals surface area contributed by atoms with Crippen molar-refractivity contribution in [2.24, 2.45) is 0 Å². The summed E-state index contributed by atoms with van der Waals surface area (Å²) in [5, 5.41) is 14.7. The highest BCUT2D eigenvalue weighted by molar-refractivity contribution is 5.96. The van der Waals surface area contributed by atoms with Crippen LogP contribution in [0.15, 0.2) is 67.0 Å². The number of amides is 1. The second-order valence-corrected chi connectivity index (χ2v) is 8.08. The van der Waals surface area contributed by atoms with Gasteiger partial charge in [0, 0.05) is 49.5 Å². The molecule has 1 aromatic carbocycles. The van der Waals surface area contributed by atoms with E-state index in [1.54, 1.807) is 12.4 Å². The highest BCUT2D eigenvalue weighted by atomic mass is 16.4. The zero-order valence-electron chi connectivity index (χ0n) is 18.3. The van der Waals surface area contributed by atoms with Gasteiger partial charge in [-0.05, 0) is 48.2 Å². The number of nitrogens with zero attached hydrogens (tertiary/aromatic N) is 5. The summed E-state index contributed by atoms with van der Waals surface area (Å²) in [6.07, 6.45) is 2.69. The molecule has 1 saturated heterocycles. The van der Waals surface area contributed by atoms with Crippen LogP contribution in [0.4, 0.5) is 22.2 Å². The van der Waals surface area contributed by atoms with E-state index < -0.39 is 6.09 Å². The van der Waals surface area contributed by atoms with Crippen LogP contribution in [0, 0.1) is 6.92 Å². The summed E-state index contributed by atoms with van der Waals surface area (Å²) in [5.74, 6) is 2.29. The van der Waals surface area contributed by atoms with E-state index in [0.29, 0.717) is 26.2 Å². The topological polar surface area (TPSA) is 94.5 Å². The van der Waals surface area contributed by atoms with Crippen molar-refractivity contribution < 1.29 is 9.90 Å². The Labute approximate surface area is 191 Å². The van der Waals surface area contributed by atoms with Crippen molar-refractivity contribution in [3.8, 4) is 11.3 Å². The Balaban J connectivity index is 1.50. The normalized spacial score (nSPS) is 13.8. The van der Waals surface area contributed by atoms with Crippen LogP contribution in [0.5, 0.6) is 0 Å². The molecular formula is C25H24N6O2. The molecular weight excluding hydrogens is 416 g/mol. The summed E-state index contributed by atoms with van der Waals surface area (Å²) < 4.78 is 0. The lowest BCUT2D eigenvalue weighted by Gasteiger charge is -2.34. The van der Waals surface area contributed by atoms with Gasteiger partial charge in [-0.25, -0.2) is 19.7 Å². The summed E-state index contributed by atoms with van der Waals surface area (Å²) in [7, 11) is 0. The van der Waals surface area contributed by atoms with E-state index in [2.05, 4.69) is 32.3 Å². The van der Waals surface area contributed by atoms with Crippen LogP contribution in [0.1, 0.15) is 5.56 Å². The van der Waals surface area contributed by atoms with Crippen LogP contribution in [0.3, 0.4) is 0 Å². The Morgan fingerprint density at radius 2 is 1.73 bits per heavy atom. The van der Waals surface area contributed by atoms with Crippen molar-refractivity contribution in [3.63, 3.8) is 0 Å². The van der Waals surface area contributed by atoms with Gasteiger partial charge >= 0.3 is 6.09 Å². The Morgan fingerprint density at radius 1 is 0.939 bits per heavy atom. The fourth-order valence-corrected chi connectivity index (χ4v) is 4.08. The fourth-order valence-electron chi connectivity index (χ4n) is 4.08. The van der Waals surface area contributed by atoms with Gasteiger partial charge in [-0.1, -0.05) is 24.3 Å². The second kappa shape index (κ2) is 8.74. The first-order valence-corrected chi connectivity index (χ1v) is 10.9. The average Bonchev–Trinajstić information content (AvgIpc) is 2.84. The number of aromatic nitrogens is 3. The van der Waals surface area contributed by atoms with Crippen LogP contribution in [0.25, 0.3) is 22.0 Å². The third-order valence-electron chi connectivity index (χ3n) is 5.81. The first kappa shape index (κ1) is 20.7. The Kier molecular flexibility index (Phi) is 5.48. The molecule has 1 aliphatic heterocycles. The molecule has 8 heteroatoms. The molecule has 1 aliphatic rings. The van der Waals surface area contributed by atoms with E-state index in [9.17, 15) is 9.90 Å². The molecule has 0 radical (unpaired) electrons. The lowest BCUT2D eigenvalue weighted by Crippen LogP contribution is -2.48. The lowest BCUT2D eigenvalue weighted by molar-refractivity contribution is 0.142. The zero-order chi connectivity index (χ0) is 22.8. The molecule has 0 saturated carbocycles. The van der Waals surface area contributed by atoms with Crippen molar-refractivity contribution >= 4 is 34.3 Å². The summed E-state index contributed by atoms with van der Waals surface area (Å²) >= 11 is 0. The number of benzene rings is 1. The van der Waals surface area contributed by atoms with E-state index in [-0.39, 0.29) is 0 Å². The van der Waals surface area contributed by atoms with Crippen LogP contribution < -0.4 is 10.2 Å². The van der Waals surface area contributed by atoms with E-state index >= 15 is 0 Å². The number of piperazine rings is 1. The molecule has 1 amide bonds. The monoisotopic (exact) mass is 440 g/mol. The molecule has 0 atom stereocenters. The maximum atomic E-state index is 11.2. The summed E-state index contributed by atoms with van der Waals surface area (Å²) in [6, 6.07) is 18.1. The molecule has 3 aromatic heterocycles. The third-order valence-corrected chi connectivity index (χ3v) is 5.81. The van der Waals surface area contributed by atoms with Gasteiger partial charge < -0.3 is 20.2 Å². The molecule has 0 unspecified atom stereocenters. The van der Waals surface area contributed by atoms with E-state index in [1.165, 1.54) is 4.90 Å². The van der Waals surface area contributed by atoms with Gasteiger partial charge in [-0.2, -0.15) is 0 Å². The number of carbonyl (C=O) groups is 1. The molecule has 1 fully saturated rings. The van der Waals surface area contributed by atoms with Gasteiger partial charge in [0.1, 0.15) is 17.5 Å². The van der Waals surface area contributed by atoms with Crippen molar-refractivity contribution in [2.75, 3.05) is 36.4 Å². The SMILES string of the molecule is Cc1ccnc(Nc2cc3ccccc3c(-c3ccnc(N4CCN(C(=O)O)CC4)c3)n2)c1. The number of fused-ring (bicyclic) bond motifs is 1. The average molecular weight is 441 g/mol. The maximum absolute atomic E-state index is 11.2. The molecule has 2 N–H and O–H groups in total. The van der Waals surface area contributed by atoms with Gasteiger partial charge in [0.05, 0.1) is 5.69 Å². The Morgan fingerprint density at radius 3 is 2.52 bits per heavy atom. The minimum atomic E-state index is -0.876.